The second kappa shape index (κ2) is 6.61. The molecule has 0 atom stereocenters. The fourth-order valence-electron chi connectivity index (χ4n) is 4.38. The number of phenolic OH excluding ortho intramolecular Hbond substituents is 1. The number of para-hydroxylation sites is 1. The number of amides is 1. The molecule has 1 amide bonds. The van der Waals surface area contributed by atoms with Gasteiger partial charge in [-0.2, -0.15) is 0 Å². The van der Waals surface area contributed by atoms with Gasteiger partial charge in [0.25, 0.3) is 5.91 Å². The van der Waals surface area contributed by atoms with E-state index in [9.17, 15) is 9.90 Å². The molecule has 1 aromatic heterocycles. The quantitative estimate of drug-likeness (QED) is 0.296. The zero-order chi connectivity index (χ0) is 20.9. The van der Waals surface area contributed by atoms with Crippen LogP contribution in [0.2, 0.25) is 0 Å². The molecule has 0 fully saturated rings. The van der Waals surface area contributed by atoms with Gasteiger partial charge in [-0.15, -0.1) is 0 Å². The van der Waals surface area contributed by atoms with Gasteiger partial charge in [0.1, 0.15) is 5.75 Å². The van der Waals surface area contributed by atoms with Gasteiger partial charge < -0.3 is 15.4 Å². The van der Waals surface area contributed by atoms with E-state index in [4.69, 9.17) is 0 Å². The van der Waals surface area contributed by atoms with Crippen molar-refractivity contribution in [1.82, 2.24) is 4.98 Å². The maximum Gasteiger partial charge on any atom is 0.259 e. The van der Waals surface area contributed by atoms with Crippen molar-refractivity contribution < 1.29 is 11.3 Å². The van der Waals surface area contributed by atoms with Crippen LogP contribution in [-0.2, 0) is 0 Å². The molecule has 0 aliphatic carbocycles. The van der Waals surface area contributed by atoms with Crippen LogP contribution in [0.4, 0.5) is 5.69 Å². The summed E-state index contributed by atoms with van der Waals surface area (Å²) < 4.78 is 0. The summed E-state index contributed by atoms with van der Waals surface area (Å²) in [5, 5.41) is 19.9. The molecule has 6 rings (SSSR count). The number of anilines is 1. The van der Waals surface area contributed by atoms with Crippen LogP contribution in [0.1, 0.15) is 11.8 Å². The van der Waals surface area contributed by atoms with Crippen LogP contribution in [0.3, 0.4) is 0 Å². The van der Waals surface area contributed by atoms with Crippen LogP contribution < -0.4 is 5.32 Å². The molecule has 6 aromatic rings. The molecule has 0 aliphatic rings. The lowest BCUT2D eigenvalue weighted by Gasteiger charge is -2.09. The van der Waals surface area contributed by atoms with Crippen LogP contribution >= 0.6 is 0 Å². The van der Waals surface area contributed by atoms with Gasteiger partial charge in [-0.25, -0.2) is 0 Å². The average molecular weight is 404 g/mol. The Morgan fingerprint density at radius 1 is 0.710 bits per heavy atom. The van der Waals surface area contributed by atoms with Gasteiger partial charge >= 0.3 is 0 Å². The highest BCUT2D eigenvalue weighted by Crippen LogP contribution is 2.36. The fourth-order valence-corrected chi connectivity index (χ4v) is 4.38. The van der Waals surface area contributed by atoms with Crippen LogP contribution in [0.5, 0.6) is 5.75 Å². The highest BCUT2D eigenvalue weighted by molar-refractivity contribution is 6.23. The second-order valence-electron chi connectivity index (χ2n) is 7.73. The molecule has 4 nitrogen and oxygen atoms in total. The summed E-state index contributed by atoms with van der Waals surface area (Å²) in [6.07, 6.45) is 0. The van der Waals surface area contributed by atoms with Crippen molar-refractivity contribution >= 4 is 54.9 Å². The molecule has 0 spiro atoms. The van der Waals surface area contributed by atoms with Crippen LogP contribution in [0, 0.1) is 0 Å². The summed E-state index contributed by atoms with van der Waals surface area (Å²) in [5.74, 6) is -0.384. The van der Waals surface area contributed by atoms with E-state index in [0.29, 0.717) is 5.69 Å². The Kier molecular flexibility index (Phi) is 3.74. The van der Waals surface area contributed by atoms with Crippen molar-refractivity contribution in [1.29, 1.82) is 0 Å². The number of carbonyl (C=O) groups excluding carboxylic acids is 1. The van der Waals surface area contributed by atoms with Gasteiger partial charge in [-0.3, -0.25) is 4.79 Å². The molecule has 3 N–H and O–H groups in total. The highest BCUT2D eigenvalue weighted by atomic mass is 16.3. The number of hydrogen-bond acceptors (Lipinski definition) is 2. The van der Waals surface area contributed by atoms with Crippen molar-refractivity contribution in [2.75, 3.05) is 5.32 Å². The zero-order valence-electron chi connectivity index (χ0n) is 16.5. The van der Waals surface area contributed by atoms with E-state index >= 15 is 0 Å². The Morgan fingerprint density at radius 2 is 1.39 bits per heavy atom. The number of benzene rings is 5. The number of carbonyl (C=O) groups is 1. The first-order valence-electron chi connectivity index (χ1n) is 10.1. The molecule has 0 saturated carbocycles. The Morgan fingerprint density at radius 3 is 2.19 bits per heavy atom. The summed E-state index contributed by atoms with van der Waals surface area (Å²) in [6, 6.07) is 29.2. The van der Waals surface area contributed by atoms with E-state index in [1.54, 1.807) is 12.1 Å². The van der Waals surface area contributed by atoms with E-state index < -0.39 is 0 Å². The maximum atomic E-state index is 12.8. The molecular formula is C27H20N2O2. The van der Waals surface area contributed by atoms with E-state index in [2.05, 4.69) is 40.6 Å². The first-order chi connectivity index (χ1) is 15.2. The van der Waals surface area contributed by atoms with Crippen molar-refractivity contribution in [3.63, 3.8) is 0 Å². The number of fused-ring (bicyclic) bond motifs is 7. The Bertz CT molecular complexity index is 1640. The lowest BCUT2D eigenvalue weighted by molar-refractivity contribution is 0.102. The molecule has 0 bridgehead atoms. The molecule has 4 heteroatoms. The zero-order valence-corrected chi connectivity index (χ0v) is 16.5. The third-order valence-electron chi connectivity index (χ3n) is 5.88. The third kappa shape index (κ3) is 2.73. The number of aromatic hydroxyl groups is 1. The lowest BCUT2D eigenvalue weighted by Crippen LogP contribution is -2.12. The summed E-state index contributed by atoms with van der Waals surface area (Å²) in [4.78, 5) is 16.3. The molecule has 150 valence electrons. The minimum Gasteiger partial charge on any atom is -0.507 e. The minimum absolute atomic E-state index is 0. The standard InChI is InChI=1S/C27H18N2O2.H2/c30-24-15-22-17(14-23(24)27(31)28-18-7-2-1-3-8-18)11-13-21-20-12-10-16-6-4-5-9-19(16)25(20)29-26(21)22;/h1-15,29-30H,(H,28,31);1H. The molecule has 0 saturated heterocycles. The number of hydrogen-bond donors (Lipinski definition) is 3. The van der Waals surface area contributed by atoms with E-state index in [0.717, 1.165) is 38.0 Å². The van der Waals surface area contributed by atoms with Gasteiger partial charge in [0.15, 0.2) is 0 Å². The fraction of sp³-hybridized carbons (Fsp3) is 0. The van der Waals surface area contributed by atoms with E-state index in [1.807, 2.05) is 48.5 Å². The Labute approximate surface area is 179 Å². The SMILES string of the molecule is O=C(Nc1ccccc1)c1cc2ccc3c4ccc5ccccc5c4[nH]c3c2cc1O.[HH]. The average Bonchev–Trinajstić information content (AvgIpc) is 3.19. The summed E-state index contributed by atoms with van der Waals surface area (Å²) in [5.41, 5.74) is 2.96. The number of rotatable bonds is 2. The molecule has 1 heterocycles. The highest BCUT2D eigenvalue weighted by Gasteiger charge is 2.16. The number of aromatic nitrogens is 1. The van der Waals surface area contributed by atoms with E-state index in [-0.39, 0.29) is 18.6 Å². The number of nitrogens with one attached hydrogen (secondary N) is 2. The summed E-state index contributed by atoms with van der Waals surface area (Å²) in [6.45, 7) is 0. The predicted octanol–water partition coefficient (Wildman–Crippen LogP) is 6.83. The molecular weight excluding hydrogens is 384 g/mol. The second-order valence-corrected chi connectivity index (χ2v) is 7.73. The van der Waals surface area contributed by atoms with Crippen LogP contribution in [0.25, 0.3) is 43.4 Å². The maximum absolute atomic E-state index is 12.8. The van der Waals surface area contributed by atoms with Crippen molar-refractivity contribution in [3.8, 4) is 5.75 Å². The monoisotopic (exact) mass is 404 g/mol. The minimum atomic E-state index is -0.340. The van der Waals surface area contributed by atoms with Gasteiger partial charge in [-0.05, 0) is 35.0 Å². The lowest BCUT2D eigenvalue weighted by atomic mass is 10.0. The van der Waals surface area contributed by atoms with Crippen LogP contribution in [0.15, 0.2) is 91.0 Å². The van der Waals surface area contributed by atoms with Gasteiger partial charge in [0, 0.05) is 28.7 Å². The first kappa shape index (κ1) is 17.5. The molecule has 31 heavy (non-hydrogen) atoms. The molecule has 5 aromatic carbocycles. The largest absolute Gasteiger partial charge is 0.507 e. The van der Waals surface area contributed by atoms with Crippen molar-refractivity contribution in [2.24, 2.45) is 0 Å². The number of phenols is 1. The smallest absolute Gasteiger partial charge is 0.259 e. The van der Waals surface area contributed by atoms with Crippen molar-refractivity contribution in [2.45, 2.75) is 0 Å². The topological polar surface area (TPSA) is 65.1 Å². The molecule has 0 radical (unpaired) electrons. The summed E-state index contributed by atoms with van der Waals surface area (Å²) in [7, 11) is 0. The normalized spacial score (nSPS) is 11.5. The Balaban J connectivity index is 0.00000216. The molecule has 0 unspecified atom stereocenters. The Hall–Kier alpha value is -4.31. The summed E-state index contributed by atoms with van der Waals surface area (Å²) >= 11 is 0. The van der Waals surface area contributed by atoms with Crippen LogP contribution in [-0.4, -0.2) is 16.0 Å². The van der Waals surface area contributed by atoms with Gasteiger partial charge in [0.2, 0.25) is 0 Å². The predicted molar refractivity (Wildman–Crippen MR) is 129 cm³/mol. The first-order valence-corrected chi connectivity index (χ1v) is 10.1. The number of H-pyrrole nitrogens is 1. The van der Waals surface area contributed by atoms with Gasteiger partial charge in [0.05, 0.1) is 16.6 Å². The van der Waals surface area contributed by atoms with Crippen molar-refractivity contribution in [3.05, 3.63) is 96.6 Å². The van der Waals surface area contributed by atoms with Gasteiger partial charge in [-0.1, -0.05) is 66.7 Å². The molecule has 0 aliphatic heterocycles. The van der Waals surface area contributed by atoms with E-state index in [1.165, 1.54) is 5.39 Å². The number of aromatic amines is 1. The third-order valence-corrected chi connectivity index (χ3v) is 5.88.